The van der Waals surface area contributed by atoms with E-state index in [1.54, 1.807) is 12.1 Å². The molecule has 0 radical (unpaired) electrons. The molecule has 0 fully saturated rings. The minimum Gasteiger partial charge on any atom is -0.439 e. The van der Waals surface area contributed by atoms with Crippen LogP contribution >= 0.6 is 0 Å². The first-order valence-electron chi connectivity index (χ1n) is 6.48. The second kappa shape index (κ2) is 6.09. The van der Waals surface area contributed by atoms with Crippen LogP contribution in [0.3, 0.4) is 0 Å². The summed E-state index contributed by atoms with van der Waals surface area (Å²) in [5.74, 6) is 1.49. The van der Waals surface area contributed by atoms with E-state index in [9.17, 15) is 0 Å². The van der Waals surface area contributed by atoms with Crippen molar-refractivity contribution < 1.29 is 4.74 Å². The summed E-state index contributed by atoms with van der Waals surface area (Å²) in [4.78, 5) is 4.07. The number of nitrogens with two attached hydrogens (primary N) is 2. The van der Waals surface area contributed by atoms with Crippen LogP contribution in [0.2, 0.25) is 0 Å². The second-order valence-electron chi connectivity index (χ2n) is 4.47. The molecule has 19 heavy (non-hydrogen) atoms. The molecule has 0 aliphatic carbocycles. The van der Waals surface area contributed by atoms with Gasteiger partial charge in [-0.25, -0.2) is 0 Å². The summed E-state index contributed by atoms with van der Waals surface area (Å²) < 4.78 is 5.63. The number of aromatic nitrogens is 1. The molecule has 1 aromatic heterocycles. The van der Waals surface area contributed by atoms with Gasteiger partial charge in [-0.3, -0.25) is 0 Å². The lowest BCUT2D eigenvalue weighted by molar-refractivity contribution is 0.464. The van der Waals surface area contributed by atoms with Crippen molar-refractivity contribution in [1.29, 1.82) is 0 Å². The summed E-state index contributed by atoms with van der Waals surface area (Å²) in [5, 5.41) is 0. The summed E-state index contributed by atoms with van der Waals surface area (Å²) in [5.41, 5.74) is 13.0. The first-order chi connectivity index (χ1) is 9.19. The summed E-state index contributed by atoms with van der Waals surface area (Å²) in [6.45, 7) is 2.19. The Morgan fingerprint density at radius 2 is 1.79 bits per heavy atom. The molecule has 0 bridgehead atoms. The predicted octanol–water partition coefficient (Wildman–Crippen LogP) is 3.38. The van der Waals surface area contributed by atoms with Crippen molar-refractivity contribution in [2.45, 2.75) is 26.2 Å². The Hall–Kier alpha value is -2.23. The van der Waals surface area contributed by atoms with Crippen LogP contribution < -0.4 is 16.2 Å². The Morgan fingerprint density at radius 1 is 1.05 bits per heavy atom. The van der Waals surface area contributed by atoms with E-state index in [1.807, 2.05) is 12.1 Å². The molecule has 2 aromatic rings. The van der Waals surface area contributed by atoms with Gasteiger partial charge in [0.2, 0.25) is 5.88 Å². The molecule has 0 aliphatic heterocycles. The third kappa shape index (κ3) is 3.61. The smallest absolute Gasteiger partial charge is 0.221 e. The quantitative estimate of drug-likeness (QED) is 0.861. The van der Waals surface area contributed by atoms with E-state index in [0.717, 1.165) is 12.2 Å². The molecular formula is C15H19N3O. The second-order valence-corrected chi connectivity index (χ2v) is 4.47. The maximum atomic E-state index is 5.64. The maximum absolute atomic E-state index is 5.64. The number of aryl methyl sites for hydroxylation is 1. The fourth-order valence-corrected chi connectivity index (χ4v) is 1.75. The van der Waals surface area contributed by atoms with Crippen LogP contribution in [0.4, 0.5) is 11.5 Å². The van der Waals surface area contributed by atoms with Crippen LogP contribution in [-0.2, 0) is 6.42 Å². The highest BCUT2D eigenvalue weighted by atomic mass is 16.5. The van der Waals surface area contributed by atoms with Gasteiger partial charge in [0.05, 0.1) is 5.69 Å². The first kappa shape index (κ1) is 13.2. The lowest BCUT2D eigenvalue weighted by Gasteiger charge is -2.07. The standard InChI is InChI=1S/C15H19N3O/c1-2-3-4-11-5-7-12(8-6-11)19-14-10-9-13(16)15(17)18-14/h5-10H,2-4,16H2,1H3,(H2,17,18). The summed E-state index contributed by atoms with van der Waals surface area (Å²) in [6, 6.07) is 11.4. The molecular weight excluding hydrogens is 238 g/mol. The van der Waals surface area contributed by atoms with Gasteiger partial charge in [-0.2, -0.15) is 4.98 Å². The summed E-state index contributed by atoms with van der Waals surface area (Å²) in [6.07, 6.45) is 3.51. The number of unbranched alkanes of at least 4 members (excludes halogenated alkanes) is 1. The number of nitrogens with zero attached hydrogens (tertiary/aromatic N) is 1. The van der Waals surface area contributed by atoms with Gasteiger partial charge in [0.15, 0.2) is 5.82 Å². The average Bonchev–Trinajstić information content (AvgIpc) is 2.42. The number of hydrogen-bond acceptors (Lipinski definition) is 4. The van der Waals surface area contributed by atoms with Crippen molar-refractivity contribution in [3.05, 3.63) is 42.0 Å². The van der Waals surface area contributed by atoms with Crippen molar-refractivity contribution in [2.24, 2.45) is 0 Å². The van der Waals surface area contributed by atoms with E-state index < -0.39 is 0 Å². The highest BCUT2D eigenvalue weighted by molar-refractivity contribution is 5.58. The van der Waals surface area contributed by atoms with Crippen LogP contribution in [0, 0.1) is 0 Å². The SMILES string of the molecule is CCCCc1ccc(Oc2ccc(N)c(N)n2)cc1. The molecule has 0 aliphatic rings. The number of hydrogen-bond donors (Lipinski definition) is 2. The van der Waals surface area contributed by atoms with Crippen molar-refractivity contribution in [1.82, 2.24) is 4.98 Å². The van der Waals surface area contributed by atoms with Crippen LogP contribution in [0.15, 0.2) is 36.4 Å². The lowest BCUT2D eigenvalue weighted by Crippen LogP contribution is -1.98. The molecule has 4 heteroatoms. The number of rotatable bonds is 5. The predicted molar refractivity (Wildman–Crippen MR) is 78.2 cm³/mol. The Bertz CT molecular complexity index is 538. The van der Waals surface area contributed by atoms with E-state index in [2.05, 4.69) is 24.0 Å². The molecule has 2 rings (SSSR count). The summed E-state index contributed by atoms with van der Waals surface area (Å²) >= 11 is 0. The summed E-state index contributed by atoms with van der Waals surface area (Å²) in [7, 11) is 0. The molecule has 100 valence electrons. The number of benzene rings is 1. The fraction of sp³-hybridized carbons (Fsp3) is 0.267. The van der Waals surface area contributed by atoms with E-state index in [4.69, 9.17) is 16.2 Å². The van der Waals surface area contributed by atoms with E-state index in [1.165, 1.54) is 18.4 Å². The molecule has 0 unspecified atom stereocenters. The molecule has 0 amide bonds. The minimum absolute atomic E-state index is 0.289. The van der Waals surface area contributed by atoms with Crippen molar-refractivity contribution in [2.75, 3.05) is 11.5 Å². The van der Waals surface area contributed by atoms with Crippen molar-refractivity contribution >= 4 is 11.5 Å². The maximum Gasteiger partial charge on any atom is 0.221 e. The van der Waals surface area contributed by atoms with Crippen molar-refractivity contribution in [3.8, 4) is 11.6 Å². The Morgan fingerprint density at radius 3 is 2.42 bits per heavy atom. The average molecular weight is 257 g/mol. The zero-order chi connectivity index (χ0) is 13.7. The van der Waals surface area contributed by atoms with Gasteiger partial charge < -0.3 is 16.2 Å². The van der Waals surface area contributed by atoms with Gasteiger partial charge in [-0.1, -0.05) is 25.5 Å². The van der Waals surface area contributed by atoms with Crippen LogP contribution in [0.5, 0.6) is 11.6 Å². The lowest BCUT2D eigenvalue weighted by atomic mass is 10.1. The normalized spacial score (nSPS) is 10.4. The number of nitrogen functional groups attached to an aromatic ring is 2. The Balaban J connectivity index is 2.04. The molecule has 1 aromatic carbocycles. The third-order valence-electron chi connectivity index (χ3n) is 2.90. The minimum atomic E-state index is 0.289. The van der Waals surface area contributed by atoms with Crippen LogP contribution in [0.1, 0.15) is 25.3 Å². The number of pyridine rings is 1. The van der Waals surface area contributed by atoms with E-state index in [0.29, 0.717) is 11.6 Å². The van der Waals surface area contributed by atoms with Gasteiger partial charge in [-0.15, -0.1) is 0 Å². The third-order valence-corrected chi connectivity index (χ3v) is 2.90. The molecule has 4 N–H and O–H groups in total. The molecule has 0 saturated carbocycles. The fourth-order valence-electron chi connectivity index (χ4n) is 1.75. The van der Waals surface area contributed by atoms with Gasteiger partial charge in [0.25, 0.3) is 0 Å². The molecule has 0 spiro atoms. The number of ether oxygens (including phenoxy) is 1. The van der Waals surface area contributed by atoms with Crippen LogP contribution in [-0.4, -0.2) is 4.98 Å². The highest BCUT2D eigenvalue weighted by Gasteiger charge is 2.02. The van der Waals surface area contributed by atoms with Gasteiger partial charge in [0.1, 0.15) is 5.75 Å². The largest absolute Gasteiger partial charge is 0.439 e. The highest BCUT2D eigenvalue weighted by Crippen LogP contribution is 2.23. The molecule has 0 atom stereocenters. The van der Waals surface area contributed by atoms with Crippen molar-refractivity contribution in [3.63, 3.8) is 0 Å². The Labute approximate surface area is 113 Å². The Kier molecular flexibility index (Phi) is 4.23. The first-order valence-corrected chi connectivity index (χ1v) is 6.48. The van der Waals surface area contributed by atoms with Gasteiger partial charge >= 0.3 is 0 Å². The zero-order valence-electron chi connectivity index (χ0n) is 11.1. The number of anilines is 2. The monoisotopic (exact) mass is 257 g/mol. The van der Waals surface area contributed by atoms with Gasteiger partial charge in [0, 0.05) is 6.07 Å². The zero-order valence-corrected chi connectivity index (χ0v) is 11.1. The van der Waals surface area contributed by atoms with Gasteiger partial charge in [-0.05, 0) is 36.6 Å². The van der Waals surface area contributed by atoms with Crippen LogP contribution in [0.25, 0.3) is 0 Å². The van der Waals surface area contributed by atoms with E-state index in [-0.39, 0.29) is 5.82 Å². The van der Waals surface area contributed by atoms with E-state index >= 15 is 0 Å². The topological polar surface area (TPSA) is 74.2 Å². The molecule has 0 saturated heterocycles. The molecule has 1 heterocycles. The molecule has 4 nitrogen and oxygen atoms in total.